The Labute approximate surface area is 240 Å². The molecular formula is C31H26N4O7. The van der Waals surface area contributed by atoms with Crippen molar-refractivity contribution in [1.29, 1.82) is 5.26 Å². The van der Waals surface area contributed by atoms with Gasteiger partial charge in [0.05, 0.1) is 53.8 Å². The van der Waals surface area contributed by atoms with Crippen molar-refractivity contribution in [1.82, 2.24) is 10.5 Å². The molecule has 11 nitrogen and oxygen atoms in total. The third kappa shape index (κ3) is 5.28. The second-order valence-electron chi connectivity index (χ2n) is 10.0. The van der Waals surface area contributed by atoms with Gasteiger partial charge in [0, 0.05) is 48.2 Å². The predicted octanol–water partition coefficient (Wildman–Crippen LogP) is 4.83. The van der Waals surface area contributed by atoms with Crippen molar-refractivity contribution in [3.05, 3.63) is 77.0 Å². The Hall–Kier alpha value is -5.18. The molecule has 1 aromatic heterocycles. The van der Waals surface area contributed by atoms with Gasteiger partial charge < -0.3 is 24.6 Å². The number of carbonyl (C=O) groups is 2. The second kappa shape index (κ2) is 11.4. The maximum Gasteiger partial charge on any atom is 0.335 e. The second-order valence-corrected chi connectivity index (χ2v) is 10.0. The molecule has 2 aliphatic heterocycles. The first-order valence-corrected chi connectivity index (χ1v) is 13.4. The molecule has 0 aliphatic carbocycles. The van der Waals surface area contributed by atoms with Crippen LogP contribution in [0.25, 0.3) is 22.0 Å². The first-order chi connectivity index (χ1) is 20.4. The average Bonchev–Trinajstić information content (AvgIpc) is 3.49. The Morgan fingerprint density at radius 1 is 1.07 bits per heavy atom. The number of aromatic carboxylic acids is 1. The maximum atomic E-state index is 12.6. The minimum absolute atomic E-state index is 0.00194. The molecule has 3 heterocycles. The number of nitriles is 1. The van der Waals surface area contributed by atoms with Crippen LogP contribution in [-0.2, 0) is 11.2 Å². The average molecular weight is 567 g/mol. The molecule has 0 bridgehead atoms. The highest BCUT2D eigenvalue weighted by Crippen LogP contribution is 2.40. The standard InChI is InChI=1S/C31H26N4O7/c32-15-17-9-19-3-8-41-29(19)25(10-17)18-1-2-24-27(13-18)33-16-26(30(36)35-39)28(24)34-21-11-20(31(37)38)12-23(14-21)42-22-4-6-40-7-5-22/h1-2,9-14,16,22,39H,3-8H2,(H,33,34)(H,35,36)(H,37,38). The van der Waals surface area contributed by atoms with Gasteiger partial charge in [0.15, 0.2) is 0 Å². The predicted molar refractivity (Wildman–Crippen MR) is 151 cm³/mol. The maximum absolute atomic E-state index is 12.6. The molecule has 212 valence electrons. The highest BCUT2D eigenvalue weighted by Gasteiger charge is 2.22. The number of nitrogens with one attached hydrogen (secondary N) is 2. The van der Waals surface area contributed by atoms with E-state index in [0.717, 1.165) is 22.4 Å². The summed E-state index contributed by atoms with van der Waals surface area (Å²) in [5, 5.41) is 32.4. The van der Waals surface area contributed by atoms with E-state index < -0.39 is 11.9 Å². The van der Waals surface area contributed by atoms with Gasteiger partial charge in [0.25, 0.3) is 5.91 Å². The highest BCUT2D eigenvalue weighted by molar-refractivity contribution is 6.08. The summed E-state index contributed by atoms with van der Waals surface area (Å²) < 4.78 is 17.3. The van der Waals surface area contributed by atoms with Crippen molar-refractivity contribution in [3.63, 3.8) is 0 Å². The van der Waals surface area contributed by atoms with Gasteiger partial charge in [-0.05, 0) is 41.5 Å². The lowest BCUT2D eigenvalue weighted by Crippen LogP contribution is -2.26. The molecule has 1 fully saturated rings. The zero-order valence-electron chi connectivity index (χ0n) is 22.3. The number of amides is 1. The van der Waals surface area contributed by atoms with E-state index in [4.69, 9.17) is 14.2 Å². The van der Waals surface area contributed by atoms with E-state index >= 15 is 0 Å². The van der Waals surface area contributed by atoms with Crippen molar-refractivity contribution >= 4 is 34.2 Å². The van der Waals surface area contributed by atoms with E-state index in [1.165, 1.54) is 18.3 Å². The summed E-state index contributed by atoms with van der Waals surface area (Å²) in [6.45, 7) is 1.66. The summed E-state index contributed by atoms with van der Waals surface area (Å²) >= 11 is 0. The lowest BCUT2D eigenvalue weighted by atomic mass is 9.96. The van der Waals surface area contributed by atoms with Crippen molar-refractivity contribution < 1.29 is 34.1 Å². The van der Waals surface area contributed by atoms with Crippen LogP contribution in [0.5, 0.6) is 11.5 Å². The zero-order valence-corrected chi connectivity index (χ0v) is 22.3. The fourth-order valence-electron chi connectivity index (χ4n) is 5.31. The van der Waals surface area contributed by atoms with Gasteiger partial charge in [-0.2, -0.15) is 5.26 Å². The number of anilines is 2. The molecule has 3 aromatic carbocycles. The Kier molecular flexibility index (Phi) is 7.31. The third-order valence-corrected chi connectivity index (χ3v) is 7.33. The van der Waals surface area contributed by atoms with Gasteiger partial charge in [-0.25, -0.2) is 10.3 Å². The van der Waals surface area contributed by atoms with Crippen LogP contribution in [0, 0.1) is 11.3 Å². The van der Waals surface area contributed by atoms with Crippen molar-refractivity contribution in [2.75, 3.05) is 25.1 Å². The molecule has 0 saturated carbocycles. The zero-order chi connectivity index (χ0) is 29.2. The van der Waals surface area contributed by atoms with Crippen LogP contribution in [0.2, 0.25) is 0 Å². The molecule has 0 radical (unpaired) electrons. The minimum Gasteiger partial charge on any atom is -0.492 e. The molecule has 42 heavy (non-hydrogen) atoms. The Morgan fingerprint density at radius 3 is 2.67 bits per heavy atom. The van der Waals surface area contributed by atoms with Crippen LogP contribution in [-0.4, -0.2) is 53.1 Å². The van der Waals surface area contributed by atoms with Crippen molar-refractivity contribution in [2.24, 2.45) is 0 Å². The van der Waals surface area contributed by atoms with E-state index in [9.17, 15) is 25.2 Å². The van der Waals surface area contributed by atoms with Gasteiger partial charge in [-0.15, -0.1) is 0 Å². The number of carboxylic acids is 1. The van der Waals surface area contributed by atoms with E-state index in [0.29, 0.717) is 72.7 Å². The molecule has 6 rings (SSSR count). The molecule has 4 aromatic rings. The number of hydrogen-bond acceptors (Lipinski definition) is 9. The van der Waals surface area contributed by atoms with Gasteiger partial charge in [0.1, 0.15) is 17.6 Å². The van der Waals surface area contributed by atoms with Crippen LogP contribution in [0.4, 0.5) is 11.4 Å². The summed E-state index contributed by atoms with van der Waals surface area (Å²) in [5.41, 5.74) is 5.92. The number of aromatic nitrogens is 1. The molecule has 0 spiro atoms. The van der Waals surface area contributed by atoms with E-state index in [1.807, 2.05) is 18.2 Å². The first-order valence-electron chi connectivity index (χ1n) is 13.4. The van der Waals surface area contributed by atoms with Crippen LogP contribution < -0.4 is 20.3 Å². The minimum atomic E-state index is -1.14. The molecule has 0 atom stereocenters. The summed E-state index contributed by atoms with van der Waals surface area (Å²) in [6, 6.07) is 15.8. The van der Waals surface area contributed by atoms with E-state index in [2.05, 4.69) is 16.4 Å². The third-order valence-electron chi connectivity index (χ3n) is 7.33. The van der Waals surface area contributed by atoms with Crippen LogP contribution in [0.3, 0.4) is 0 Å². The fourth-order valence-corrected chi connectivity index (χ4v) is 5.31. The Bertz CT molecular complexity index is 1760. The molecule has 1 saturated heterocycles. The van der Waals surface area contributed by atoms with Crippen molar-refractivity contribution in [3.8, 4) is 28.7 Å². The monoisotopic (exact) mass is 566 g/mol. The molecule has 1 amide bonds. The van der Waals surface area contributed by atoms with Crippen LogP contribution >= 0.6 is 0 Å². The number of carboxylic acid groups (broad SMARTS) is 1. The van der Waals surface area contributed by atoms with E-state index in [-0.39, 0.29) is 17.2 Å². The smallest absolute Gasteiger partial charge is 0.335 e. The Morgan fingerprint density at radius 2 is 1.90 bits per heavy atom. The Balaban J connectivity index is 1.43. The molecule has 4 N–H and O–H groups in total. The number of nitrogens with zero attached hydrogens (tertiary/aromatic N) is 2. The van der Waals surface area contributed by atoms with Crippen molar-refractivity contribution in [2.45, 2.75) is 25.4 Å². The number of carbonyl (C=O) groups excluding carboxylic acids is 1. The highest BCUT2D eigenvalue weighted by atomic mass is 16.5. The summed E-state index contributed by atoms with van der Waals surface area (Å²) in [5.74, 6) is -0.839. The summed E-state index contributed by atoms with van der Waals surface area (Å²) in [4.78, 5) is 29.0. The lowest BCUT2D eigenvalue weighted by molar-refractivity contribution is 0.0255. The molecule has 11 heteroatoms. The number of fused-ring (bicyclic) bond motifs is 2. The van der Waals surface area contributed by atoms with Gasteiger partial charge in [-0.1, -0.05) is 12.1 Å². The lowest BCUT2D eigenvalue weighted by Gasteiger charge is -2.24. The largest absolute Gasteiger partial charge is 0.492 e. The topological polar surface area (TPSA) is 163 Å². The SMILES string of the molecule is N#Cc1cc2c(c(-c3ccc4c(Nc5cc(OC6CCOCC6)cc(C(=O)O)c5)c(C(=O)NO)cnc4c3)c1)OCC2. The number of pyridine rings is 1. The molecule has 0 unspecified atom stereocenters. The van der Waals surface area contributed by atoms with Gasteiger partial charge in [-0.3, -0.25) is 15.0 Å². The van der Waals surface area contributed by atoms with Crippen LogP contribution in [0.15, 0.2) is 54.7 Å². The normalized spacial score (nSPS) is 14.5. The van der Waals surface area contributed by atoms with Gasteiger partial charge >= 0.3 is 5.97 Å². The molecular weight excluding hydrogens is 540 g/mol. The summed E-state index contributed by atoms with van der Waals surface area (Å²) in [6.07, 6.45) is 3.30. The number of hydroxylamine groups is 1. The number of benzene rings is 3. The summed E-state index contributed by atoms with van der Waals surface area (Å²) in [7, 11) is 0. The van der Waals surface area contributed by atoms with Crippen LogP contribution in [0.1, 0.15) is 44.7 Å². The number of rotatable bonds is 7. The fraction of sp³-hybridized carbons (Fsp3) is 0.226. The van der Waals surface area contributed by atoms with E-state index in [1.54, 1.807) is 23.7 Å². The molecule has 2 aliphatic rings. The number of ether oxygens (including phenoxy) is 3. The number of hydrogen-bond donors (Lipinski definition) is 4. The van der Waals surface area contributed by atoms with Gasteiger partial charge in [0.2, 0.25) is 0 Å². The quantitative estimate of drug-likeness (QED) is 0.180. The first kappa shape index (κ1) is 27.0.